The molecule has 3 aromatic rings. The minimum atomic E-state index is -0.564. The lowest BCUT2D eigenvalue weighted by Gasteiger charge is -2.06. The number of fused-ring (bicyclic) bond motifs is 1. The molecule has 6 nitrogen and oxygen atoms in total. The highest BCUT2D eigenvalue weighted by Gasteiger charge is 2.28. The Morgan fingerprint density at radius 2 is 1.70 bits per heavy atom. The number of nitrogens with one attached hydrogen (secondary N) is 1. The van der Waals surface area contributed by atoms with E-state index in [-0.39, 0.29) is 12.5 Å². The summed E-state index contributed by atoms with van der Waals surface area (Å²) in [6.07, 6.45) is 2.65. The molecule has 0 aliphatic heterocycles. The molecule has 0 radical (unpaired) electrons. The van der Waals surface area contributed by atoms with Crippen LogP contribution in [0.4, 0.5) is 5.69 Å². The summed E-state index contributed by atoms with van der Waals surface area (Å²) in [4.78, 5) is 24.5. The molecule has 0 saturated heterocycles. The lowest BCUT2D eigenvalue weighted by Crippen LogP contribution is -2.21. The number of carbonyl (C=O) groups is 2. The summed E-state index contributed by atoms with van der Waals surface area (Å²) in [6.45, 7) is -0.347. The number of ether oxygens (including phenoxy) is 1. The van der Waals surface area contributed by atoms with E-state index in [1.165, 1.54) is 0 Å². The highest BCUT2D eigenvalue weighted by molar-refractivity contribution is 5.95. The van der Waals surface area contributed by atoms with Gasteiger partial charge in [-0.1, -0.05) is 36.4 Å². The molecule has 1 aromatic heterocycles. The molecule has 1 aliphatic carbocycles. The molecule has 136 valence electrons. The highest BCUT2D eigenvalue weighted by atomic mass is 16.5. The fraction of sp³-hybridized carbons (Fsp3) is 0.190. The van der Waals surface area contributed by atoms with Crippen molar-refractivity contribution < 1.29 is 14.3 Å². The normalized spacial score (nSPS) is 12.4. The van der Waals surface area contributed by atoms with Crippen molar-refractivity contribution in [2.45, 2.75) is 19.3 Å². The smallest absolute Gasteiger partial charge is 0.359 e. The highest BCUT2D eigenvalue weighted by Crippen LogP contribution is 2.28. The molecule has 1 amide bonds. The first kappa shape index (κ1) is 17.0. The number of para-hydroxylation sites is 2. The van der Waals surface area contributed by atoms with Crippen molar-refractivity contribution in [3.05, 3.63) is 77.6 Å². The van der Waals surface area contributed by atoms with Gasteiger partial charge < -0.3 is 10.1 Å². The summed E-state index contributed by atoms with van der Waals surface area (Å²) < 4.78 is 7.02. The molecule has 1 N–H and O–H groups in total. The van der Waals surface area contributed by atoms with E-state index < -0.39 is 5.97 Å². The number of nitrogens with zero attached hydrogens (tertiary/aromatic N) is 2. The number of hydrogen-bond acceptors (Lipinski definition) is 4. The summed E-state index contributed by atoms with van der Waals surface area (Å²) in [7, 11) is 0. The first-order valence-electron chi connectivity index (χ1n) is 8.90. The number of rotatable bonds is 5. The molecule has 2 aromatic carbocycles. The van der Waals surface area contributed by atoms with E-state index in [2.05, 4.69) is 10.4 Å². The van der Waals surface area contributed by atoms with E-state index in [4.69, 9.17) is 4.74 Å². The van der Waals surface area contributed by atoms with Gasteiger partial charge in [0.2, 0.25) is 0 Å². The van der Waals surface area contributed by atoms with Gasteiger partial charge in [0.1, 0.15) is 0 Å². The van der Waals surface area contributed by atoms with Crippen molar-refractivity contribution in [1.29, 1.82) is 0 Å². The van der Waals surface area contributed by atoms with Gasteiger partial charge in [0, 0.05) is 16.9 Å². The Kier molecular flexibility index (Phi) is 4.70. The van der Waals surface area contributed by atoms with E-state index in [1.807, 2.05) is 53.2 Å². The predicted molar refractivity (Wildman–Crippen MR) is 101 cm³/mol. The SMILES string of the molecule is O=C(COC(=O)c1nn(-c2ccccc2)c2c1CCC2)Nc1ccccc1. The zero-order chi connectivity index (χ0) is 18.6. The Hall–Kier alpha value is -3.41. The summed E-state index contributed by atoms with van der Waals surface area (Å²) >= 11 is 0. The van der Waals surface area contributed by atoms with E-state index in [9.17, 15) is 9.59 Å². The van der Waals surface area contributed by atoms with Crippen LogP contribution in [0.5, 0.6) is 0 Å². The van der Waals surface area contributed by atoms with Crippen molar-refractivity contribution in [3.8, 4) is 5.69 Å². The lowest BCUT2D eigenvalue weighted by molar-refractivity contribution is -0.119. The number of hydrogen-bond donors (Lipinski definition) is 1. The van der Waals surface area contributed by atoms with Crippen LogP contribution in [0.3, 0.4) is 0 Å². The summed E-state index contributed by atoms with van der Waals surface area (Å²) in [5.41, 5.74) is 3.84. The second kappa shape index (κ2) is 7.45. The second-order valence-electron chi connectivity index (χ2n) is 6.37. The third-order valence-corrected chi connectivity index (χ3v) is 4.52. The monoisotopic (exact) mass is 361 g/mol. The molecule has 6 heteroatoms. The number of aromatic nitrogens is 2. The molecule has 0 unspecified atom stereocenters. The number of benzene rings is 2. The Morgan fingerprint density at radius 1 is 1.00 bits per heavy atom. The molecule has 1 aliphatic rings. The Morgan fingerprint density at radius 3 is 2.44 bits per heavy atom. The maximum absolute atomic E-state index is 12.5. The van der Waals surface area contributed by atoms with Gasteiger partial charge >= 0.3 is 5.97 Å². The largest absolute Gasteiger partial charge is 0.451 e. The maximum atomic E-state index is 12.5. The van der Waals surface area contributed by atoms with Gasteiger partial charge in [-0.05, 0) is 43.5 Å². The van der Waals surface area contributed by atoms with Gasteiger partial charge in [-0.3, -0.25) is 4.79 Å². The van der Waals surface area contributed by atoms with Crippen molar-refractivity contribution in [3.63, 3.8) is 0 Å². The molecule has 0 saturated carbocycles. The Balaban J connectivity index is 1.47. The molecule has 0 fully saturated rings. The molecule has 27 heavy (non-hydrogen) atoms. The summed E-state index contributed by atoms with van der Waals surface area (Å²) in [6, 6.07) is 18.8. The van der Waals surface area contributed by atoms with E-state index in [1.54, 1.807) is 12.1 Å². The van der Waals surface area contributed by atoms with Gasteiger partial charge in [0.05, 0.1) is 5.69 Å². The quantitative estimate of drug-likeness (QED) is 0.709. The van der Waals surface area contributed by atoms with E-state index in [0.29, 0.717) is 11.4 Å². The van der Waals surface area contributed by atoms with Crippen molar-refractivity contribution in [2.75, 3.05) is 11.9 Å². The van der Waals surface area contributed by atoms with Crippen LogP contribution < -0.4 is 5.32 Å². The Bertz CT molecular complexity index is 965. The zero-order valence-corrected chi connectivity index (χ0v) is 14.7. The standard InChI is InChI=1S/C21H19N3O3/c25-19(22-15-8-3-1-4-9-15)14-27-21(26)20-17-12-7-13-18(17)24(23-20)16-10-5-2-6-11-16/h1-6,8-11H,7,12-14H2,(H,22,25). The van der Waals surface area contributed by atoms with Gasteiger partial charge in [0.25, 0.3) is 5.91 Å². The minimum absolute atomic E-state index is 0.305. The predicted octanol–water partition coefficient (Wildman–Crippen LogP) is 3.16. The topological polar surface area (TPSA) is 73.2 Å². The first-order chi connectivity index (χ1) is 13.2. The lowest BCUT2D eigenvalue weighted by atomic mass is 10.2. The molecule has 4 rings (SSSR count). The molecule has 1 heterocycles. The first-order valence-corrected chi connectivity index (χ1v) is 8.90. The van der Waals surface area contributed by atoms with E-state index in [0.717, 1.165) is 36.2 Å². The zero-order valence-electron chi connectivity index (χ0n) is 14.7. The molecule has 0 spiro atoms. The van der Waals surface area contributed by atoms with E-state index >= 15 is 0 Å². The van der Waals surface area contributed by atoms with Gasteiger partial charge in [-0.15, -0.1) is 0 Å². The van der Waals surface area contributed by atoms with Crippen molar-refractivity contribution in [1.82, 2.24) is 9.78 Å². The van der Waals surface area contributed by atoms with Gasteiger partial charge in [-0.25, -0.2) is 9.48 Å². The van der Waals surface area contributed by atoms with Crippen molar-refractivity contribution >= 4 is 17.6 Å². The summed E-state index contributed by atoms with van der Waals surface area (Å²) in [5.74, 6) is -0.945. The Labute approximate surface area is 156 Å². The molecule has 0 bridgehead atoms. The summed E-state index contributed by atoms with van der Waals surface area (Å²) in [5, 5.41) is 7.16. The number of amides is 1. The number of esters is 1. The number of carbonyl (C=O) groups excluding carboxylic acids is 2. The van der Waals surface area contributed by atoms with Crippen LogP contribution in [0.25, 0.3) is 5.69 Å². The maximum Gasteiger partial charge on any atom is 0.359 e. The van der Waals surface area contributed by atoms with Crippen LogP contribution in [0.15, 0.2) is 60.7 Å². The van der Waals surface area contributed by atoms with Gasteiger partial charge in [0.15, 0.2) is 12.3 Å². The third kappa shape index (κ3) is 3.60. The minimum Gasteiger partial charge on any atom is -0.451 e. The third-order valence-electron chi connectivity index (χ3n) is 4.52. The molecular weight excluding hydrogens is 342 g/mol. The average Bonchev–Trinajstić information content (AvgIpc) is 3.30. The van der Waals surface area contributed by atoms with Crippen LogP contribution in [0.1, 0.15) is 28.2 Å². The fourth-order valence-electron chi connectivity index (χ4n) is 3.30. The molecule has 0 atom stereocenters. The van der Waals surface area contributed by atoms with Crippen LogP contribution in [0, 0.1) is 0 Å². The van der Waals surface area contributed by atoms with Crippen LogP contribution in [-0.4, -0.2) is 28.3 Å². The fourth-order valence-corrected chi connectivity index (χ4v) is 3.30. The average molecular weight is 361 g/mol. The molecular formula is C21H19N3O3. The van der Waals surface area contributed by atoms with Gasteiger partial charge in [-0.2, -0.15) is 5.10 Å². The second-order valence-corrected chi connectivity index (χ2v) is 6.37. The van der Waals surface area contributed by atoms with Crippen LogP contribution in [0.2, 0.25) is 0 Å². The number of anilines is 1. The van der Waals surface area contributed by atoms with Crippen LogP contribution >= 0.6 is 0 Å². The van der Waals surface area contributed by atoms with Crippen molar-refractivity contribution in [2.24, 2.45) is 0 Å². The van der Waals surface area contributed by atoms with Crippen LogP contribution in [-0.2, 0) is 22.4 Å².